The first-order valence-corrected chi connectivity index (χ1v) is 8.24. The molecule has 3 heteroatoms. The van der Waals surface area contributed by atoms with Gasteiger partial charge in [0.2, 0.25) is 0 Å². The van der Waals surface area contributed by atoms with Crippen LogP contribution in [-0.4, -0.2) is 24.0 Å². The average molecular weight is 283 g/mol. The van der Waals surface area contributed by atoms with E-state index < -0.39 is 0 Å². The fourth-order valence-corrected chi connectivity index (χ4v) is 3.72. The second-order valence-electron chi connectivity index (χ2n) is 6.69. The van der Waals surface area contributed by atoms with Gasteiger partial charge in [-0.2, -0.15) is 5.26 Å². The molecule has 1 fully saturated rings. The van der Waals surface area contributed by atoms with Crippen molar-refractivity contribution in [3.05, 3.63) is 34.9 Å². The van der Waals surface area contributed by atoms with Crippen molar-refractivity contribution in [3.63, 3.8) is 0 Å². The molecule has 1 aromatic carbocycles. The summed E-state index contributed by atoms with van der Waals surface area (Å²) in [7, 11) is 0. The second kappa shape index (κ2) is 6.60. The highest BCUT2D eigenvalue weighted by atomic mass is 15.1. The molecule has 1 aliphatic carbocycles. The first-order chi connectivity index (χ1) is 10.2. The standard InChI is InChI=1S/C18H25N3/c19-12-15-1-4-16-8-10-21(13-17(16)11-15)9-7-14-2-5-18(20)6-3-14/h1,4,11,14,18H,2-3,5-10,13,20H2. The van der Waals surface area contributed by atoms with Crippen LogP contribution in [0.15, 0.2) is 18.2 Å². The first kappa shape index (κ1) is 14.6. The highest BCUT2D eigenvalue weighted by Gasteiger charge is 2.21. The zero-order valence-corrected chi connectivity index (χ0v) is 12.7. The van der Waals surface area contributed by atoms with Gasteiger partial charge in [-0.3, -0.25) is 4.90 Å². The van der Waals surface area contributed by atoms with E-state index in [0.717, 1.165) is 31.0 Å². The molecule has 21 heavy (non-hydrogen) atoms. The summed E-state index contributed by atoms with van der Waals surface area (Å²) in [6.07, 6.45) is 7.46. The Kier molecular flexibility index (Phi) is 4.57. The Hall–Kier alpha value is -1.37. The van der Waals surface area contributed by atoms with Gasteiger partial charge in [0.25, 0.3) is 0 Å². The average Bonchev–Trinajstić information content (AvgIpc) is 2.53. The van der Waals surface area contributed by atoms with Crippen LogP contribution in [-0.2, 0) is 13.0 Å². The predicted octanol–water partition coefficient (Wildman–Crippen LogP) is 2.82. The van der Waals surface area contributed by atoms with E-state index in [1.165, 1.54) is 49.8 Å². The Morgan fingerprint density at radius 1 is 1.19 bits per heavy atom. The molecular formula is C18H25N3. The van der Waals surface area contributed by atoms with Crippen molar-refractivity contribution >= 4 is 0 Å². The third-order valence-electron chi connectivity index (χ3n) is 5.17. The van der Waals surface area contributed by atoms with Crippen LogP contribution in [0.1, 0.15) is 48.8 Å². The molecule has 0 saturated heterocycles. The zero-order valence-electron chi connectivity index (χ0n) is 12.7. The fourth-order valence-electron chi connectivity index (χ4n) is 3.72. The smallest absolute Gasteiger partial charge is 0.0991 e. The van der Waals surface area contributed by atoms with Gasteiger partial charge in [0, 0.05) is 19.1 Å². The highest BCUT2D eigenvalue weighted by molar-refractivity contribution is 5.39. The quantitative estimate of drug-likeness (QED) is 0.928. The van der Waals surface area contributed by atoms with Crippen molar-refractivity contribution in [3.8, 4) is 6.07 Å². The van der Waals surface area contributed by atoms with Gasteiger partial charge >= 0.3 is 0 Å². The molecule has 112 valence electrons. The lowest BCUT2D eigenvalue weighted by Gasteiger charge is -2.32. The molecule has 1 aromatic rings. The van der Waals surface area contributed by atoms with E-state index in [1.54, 1.807) is 0 Å². The topological polar surface area (TPSA) is 53.0 Å². The molecule has 0 bridgehead atoms. The van der Waals surface area contributed by atoms with Gasteiger partial charge in [-0.15, -0.1) is 0 Å². The molecular weight excluding hydrogens is 258 g/mol. The van der Waals surface area contributed by atoms with Gasteiger partial charge in [-0.1, -0.05) is 6.07 Å². The predicted molar refractivity (Wildman–Crippen MR) is 84.7 cm³/mol. The van der Waals surface area contributed by atoms with Crippen LogP contribution in [0.5, 0.6) is 0 Å². The van der Waals surface area contributed by atoms with Crippen LogP contribution in [0, 0.1) is 17.2 Å². The molecule has 0 spiro atoms. The third-order valence-corrected chi connectivity index (χ3v) is 5.17. The minimum Gasteiger partial charge on any atom is -0.328 e. The maximum atomic E-state index is 9.03. The monoisotopic (exact) mass is 283 g/mol. The summed E-state index contributed by atoms with van der Waals surface area (Å²) in [6.45, 7) is 3.36. The molecule has 1 saturated carbocycles. The van der Waals surface area contributed by atoms with Gasteiger partial charge < -0.3 is 5.73 Å². The number of benzene rings is 1. The van der Waals surface area contributed by atoms with Gasteiger partial charge in [0.15, 0.2) is 0 Å². The van der Waals surface area contributed by atoms with Crippen LogP contribution in [0.3, 0.4) is 0 Å². The summed E-state index contributed by atoms with van der Waals surface area (Å²) in [5, 5.41) is 9.03. The molecule has 1 aliphatic heterocycles. The van der Waals surface area contributed by atoms with Crippen LogP contribution >= 0.6 is 0 Å². The number of nitrogens with zero attached hydrogens (tertiary/aromatic N) is 2. The molecule has 1 heterocycles. The normalized spacial score (nSPS) is 26.1. The van der Waals surface area contributed by atoms with Crippen molar-refractivity contribution in [2.75, 3.05) is 13.1 Å². The molecule has 0 radical (unpaired) electrons. The fraction of sp³-hybridized carbons (Fsp3) is 0.611. The lowest BCUT2D eigenvalue weighted by atomic mass is 9.84. The second-order valence-corrected chi connectivity index (χ2v) is 6.69. The summed E-state index contributed by atoms with van der Waals surface area (Å²) in [6, 6.07) is 8.85. The molecule has 0 atom stereocenters. The Morgan fingerprint density at radius 3 is 2.76 bits per heavy atom. The summed E-state index contributed by atoms with van der Waals surface area (Å²) in [4.78, 5) is 2.55. The van der Waals surface area contributed by atoms with Crippen molar-refractivity contribution in [1.82, 2.24) is 4.90 Å². The van der Waals surface area contributed by atoms with Gasteiger partial charge in [0.1, 0.15) is 0 Å². The molecule has 0 aromatic heterocycles. The Labute approximate surface area is 127 Å². The molecule has 0 unspecified atom stereocenters. The molecule has 3 nitrogen and oxygen atoms in total. The van der Waals surface area contributed by atoms with Crippen LogP contribution in [0.4, 0.5) is 0 Å². The van der Waals surface area contributed by atoms with Crippen LogP contribution in [0.25, 0.3) is 0 Å². The number of nitriles is 1. The third kappa shape index (κ3) is 3.64. The van der Waals surface area contributed by atoms with Crippen molar-refractivity contribution in [2.24, 2.45) is 11.7 Å². The van der Waals surface area contributed by atoms with Gasteiger partial charge in [-0.05, 0) is 74.2 Å². The van der Waals surface area contributed by atoms with E-state index in [9.17, 15) is 0 Å². The minimum absolute atomic E-state index is 0.451. The lowest BCUT2D eigenvalue weighted by Crippen LogP contribution is -2.33. The van der Waals surface area contributed by atoms with Gasteiger partial charge in [0.05, 0.1) is 11.6 Å². The number of nitrogens with two attached hydrogens (primary N) is 1. The number of hydrogen-bond acceptors (Lipinski definition) is 3. The maximum absolute atomic E-state index is 9.03. The molecule has 3 rings (SSSR count). The lowest BCUT2D eigenvalue weighted by molar-refractivity contribution is 0.213. The molecule has 2 aliphatic rings. The number of rotatable bonds is 3. The minimum atomic E-state index is 0.451. The molecule has 2 N–H and O–H groups in total. The van der Waals surface area contributed by atoms with Gasteiger partial charge in [-0.25, -0.2) is 0 Å². The Morgan fingerprint density at radius 2 is 2.00 bits per heavy atom. The first-order valence-electron chi connectivity index (χ1n) is 8.24. The van der Waals surface area contributed by atoms with E-state index in [2.05, 4.69) is 23.1 Å². The summed E-state index contributed by atoms with van der Waals surface area (Å²) in [5.74, 6) is 0.872. The van der Waals surface area contributed by atoms with E-state index in [1.807, 2.05) is 6.07 Å². The van der Waals surface area contributed by atoms with E-state index in [-0.39, 0.29) is 0 Å². The summed E-state index contributed by atoms with van der Waals surface area (Å²) < 4.78 is 0. The largest absolute Gasteiger partial charge is 0.328 e. The number of fused-ring (bicyclic) bond motifs is 1. The zero-order chi connectivity index (χ0) is 14.7. The summed E-state index contributed by atoms with van der Waals surface area (Å²) >= 11 is 0. The highest BCUT2D eigenvalue weighted by Crippen LogP contribution is 2.27. The summed E-state index contributed by atoms with van der Waals surface area (Å²) in [5.41, 5.74) is 9.55. The SMILES string of the molecule is N#Cc1ccc2c(c1)CN(CCC1CCC(N)CC1)CC2. The number of hydrogen-bond donors (Lipinski definition) is 1. The Bertz CT molecular complexity index is 524. The van der Waals surface area contributed by atoms with E-state index >= 15 is 0 Å². The Balaban J connectivity index is 1.53. The van der Waals surface area contributed by atoms with E-state index in [0.29, 0.717) is 6.04 Å². The van der Waals surface area contributed by atoms with E-state index in [4.69, 9.17) is 11.0 Å². The van der Waals surface area contributed by atoms with Crippen molar-refractivity contribution in [2.45, 2.75) is 51.1 Å². The van der Waals surface area contributed by atoms with Crippen molar-refractivity contribution in [1.29, 1.82) is 5.26 Å². The molecule has 0 amide bonds. The van der Waals surface area contributed by atoms with Crippen LogP contribution < -0.4 is 5.73 Å². The maximum Gasteiger partial charge on any atom is 0.0991 e. The van der Waals surface area contributed by atoms with Crippen LogP contribution in [0.2, 0.25) is 0 Å². The van der Waals surface area contributed by atoms with Crippen molar-refractivity contribution < 1.29 is 0 Å².